The lowest BCUT2D eigenvalue weighted by atomic mass is 9.97. The normalized spacial score (nSPS) is 22.8. The molecular formula is C14H22N2O4S. The Hall–Kier alpha value is -1.31. The summed E-state index contributed by atoms with van der Waals surface area (Å²) in [5.74, 6) is 0.793. The Morgan fingerprint density at radius 3 is 2.38 bits per heavy atom. The SMILES string of the molecule is COc1cccc(OC)c1S(=O)(=O)NC1CCNCC1C. The van der Waals surface area contributed by atoms with E-state index in [1.54, 1.807) is 18.2 Å². The van der Waals surface area contributed by atoms with Crippen molar-refractivity contribution in [3.8, 4) is 11.5 Å². The molecular weight excluding hydrogens is 292 g/mol. The molecule has 7 heteroatoms. The molecule has 6 nitrogen and oxygen atoms in total. The van der Waals surface area contributed by atoms with Gasteiger partial charge in [0.05, 0.1) is 14.2 Å². The van der Waals surface area contributed by atoms with Crippen molar-refractivity contribution < 1.29 is 17.9 Å². The molecule has 2 N–H and O–H groups in total. The highest BCUT2D eigenvalue weighted by molar-refractivity contribution is 7.89. The van der Waals surface area contributed by atoms with Crippen LogP contribution in [-0.2, 0) is 10.0 Å². The molecule has 0 aliphatic carbocycles. The molecule has 0 amide bonds. The van der Waals surface area contributed by atoms with Crippen molar-refractivity contribution >= 4 is 10.0 Å². The first-order valence-corrected chi connectivity index (χ1v) is 8.42. The summed E-state index contributed by atoms with van der Waals surface area (Å²) in [5, 5.41) is 3.25. The minimum absolute atomic E-state index is 0.0562. The molecule has 1 aromatic carbocycles. The number of ether oxygens (including phenoxy) is 2. The van der Waals surface area contributed by atoms with Gasteiger partial charge in [-0.1, -0.05) is 13.0 Å². The first-order chi connectivity index (χ1) is 9.99. The summed E-state index contributed by atoms with van der Waals surface area (Å²) in [6.45, 7) is 3.63. The van der Waals surface area contributed by atoms with Crippen LogP contribution >= 0.6 is 0 Å². The number of sulfonamides is 1. The van der Waals surface area contributed by atoms with Crippen molar-refractivity contribution in [1.82, 2.24) is 10.0 Å². The van der Waals surface area contributed by atoms with Crippen LogP contribution in [0.2, 0.25) is 0 Å². The molecule has 0 aromatic heterocycles. The van der Waals surface area contributed by atoms with E-state index in [2.05, 4.69) is 10.0 Å². The quantitative estimate of drug-likeness (QED) is 0.847. The van der Waals surface area contributed by atoms with E-state index in [0.29, 0.717) is 0 Å². The van der Waals surface area contributed by atoms with Gasteiger partial charge < -0.3 is 14.8 Å². The largest absolute Gasteiger partial charge is 0.495 e. The monoisotopic (exact) mass is 314 g/mol. The van der Waals surface area contributed by atoms with Crippen LogP contribution in [0.3, 0.4) is 0 Å². The van der Waals surface area contributed by atoms with E-state index in [4.69, 9.17) is 9.47 Å². The van der Waals surface area contributed by atoms with Crippen LogP contribution in [0.1, 0.15) is 13.3 Å². The Balaban J connectivity index is 2.35. The van der Waals surface area contributed by atoms with E-state index >= 15 is 0 Å². The summed E-state index contributed by atoms with van der Waals surface area (Å²) >= 11 is 0. The van der Waals surface area contributed by atoms with Gasteiger partial charge in [0, 0.05) is 6.04 Å². The third kappa shape index (κ3) is 3.48. The van der Waals surface area contributed by atoms with E-state index in [1.165, 1.54) is 14.2 Å². The van der Waals surface area contributed by atoms with Gasteiger partial charge in [-0.25, -0.2) is 13.1 Å². The molecule has 1 aliphatic heterocycles. The van der Waals surface area contributed by atoms with Crippen molar-refractivity contribution in [3.05, 3.63) is 18.2 Å². The molecule has 2 atom stereocenters. The predicted molar refractivity (Wildman–Crippen MR) is 80.3 cm³/mol. The van der Waals surface area contributed by atoms with Crippen LogP contribution in [-0.4, -0.2) is 41.8 Å². The second-order valence-electron chi connectivity index (χ2n) is 5.19. The topological polar surface area (TPSA) is 76.7 Å². The highest BCUT2D eigenvalue weighted by Gasteiger charge is 2.30. The van der Waals surface area contributed by atoms with Gasteiger partial charge in [-0.3, -0.25) is 0 Å². The highest BCUT2D eigenvalue weighted by atomic mass is 32.2. The molecule has 21 heavy (non-hydrogen) atoms. The first-order valence-electron chi connectivity index (χ1n) is 6.93. The summed E-state index contributed by atoms with van der Waals surface area (Å²) in [6, 6.07) is 4.83. The van der Waals surface area contributed by atoms with Crippen LogP contribution in [0.25, 0.3) is 0 Å². The maximum absolute atomic E-state index is 12.7. The van der Waals surface area contributed by atoms with Crippen molar-refractivity contribution in [3.63, 3.8) is 0 Å². The zero-order valence-corrected chi connectivity index (χ0v) is 13.4. The second-order valence-corrected chi connectivity index (χ2v) is 6.84. The molecule has 1 heterocycles. The zero-order chi connectivity index (χ0) is 15.5. The molecule has 0 saturated carbocycles. The third-order valence-electron chi connectivity index (χ3n) is 3.74. The molecule has 2 rings (SSSR count). The Kier molecular flexibility index (Phi) is 5.08. The van der Waals surface area contributed by atoms with Crippen LogP contribution < -0.4 is 19.5 Å². The van der Waals surface area contributed by atoms with Crippen molar-refractivity contribution in [2.75, 3.05) is 27.3 Å². The molecule has 1 aromatic rings. The minimum atomic E-state index is -3.71. The Morgan fingerprint density at radius 2 is 1.86 bits per heavy atom. The molecule has 1 saturated heterocycles. The van der Waals surface area contributed by atoms with Gasteiger partial charge >= 0.3 is 0 Å². The summed E-state index contributed by atoms with van der Waals surface area (Å²) in [7, 11) is -0.815. The lowest BCUT2D eigenvalue weighted by molar-refractivity contribution is 0.326. The summed E-state index contributed by atoms with van der Waals surface area (Å²) < 4.78 is 38.6. The molecule has 1 aliphatic rings. The van der Waals surface area contributed by atoms with Gasteiger partial charge in [0.2, 0.25) is 10.0 Å². The predicted octanol–water partition coefficient (Wildman–Crippen LogP) is 0.980. The maximum Gasteiger partial charge on any atom is 0.248 e. The fourth-order valence-corrected chi connectivity index (χ4v) is 4.23. The molecule has 0 radical (unpaired) electrons. The number of hydrogen-bond donors (Lipinski definition) is 2. The number of methoxy groups -OCH3 is 2. The first kappa shape index (κ1) is 16.1. The average molecular weight is 314 g/mol. The summed E-state index contributed by atoms with van der Waals surface area (Å²) in [6.07, 6.45) is 0.762. The Labute approximate surface area is 125 Å². The standard InChI is InChI=1S/C14H22N2O4S/c1-10-9-15-8-7-11(10)16-21(17,18)14-12(19-2)5-4-6-13(14)20-3/h4-6,10-11,15-16H,7-9H2,1-3H3. The van der Waals surface area contributed by atoms with Gasteiger partial charge in [0.15, 0.2) is 4.90 Å². The Bertz CT molecular complexity index is 566. The number of nitrogens with one attached hydrogen (secondary N) is 2. The smallest absolute Gasteiger partial charge is 0.248 e. The summed E-state index contributed by atoms with van der Waals surface area (Å²) in [4.78, 5) is 0.0562. The van der Waals surface area contributed by atoms with Gasteiger partial charge in [-0.2, -0.15) is 0 Å². The molecule has 0 spiro atoms. The lowest BCUT2D eigenvalue weighted by Gasteiger charge is -2.30. The number of hydrogen-bond acceptors (Lipinski definition) is 5. The second kappa shape index (κ2) is 6.64. The third-order valence-corrected chi connectivity index (χ3v) is 5.30. The maximum atomic E-state index is 12.7. The van der Waals surface area contributed by atoms with Gasteiger partial charge in [0.25, 0.3) is 0 Å². The van der Waals surface area contributed by atoms with Gasteiger partial charge in [-0.05, 0) is 37.6 Å². The van der Waals surface area contributed by atoms with E-state index in [9.17, 15) is 8.42 Å². The van der Waals surface area contributed by atoms with E-state index in [1.807, 2.05) is 6.92 Å². The number of rotatable bonds is 5. The fraction of sp³-hybridized carbons (Fsp3) is 0.571. The highest BCUT2D eigenvalue weighted by Crippen LogP contribution is 2.33. The molecule has 118 valence electrons. The van der Waals surface area contributed by atoms with Crippen LogP contribution in [0.5, 0.6) is 11.5 Å². The fourth-order valence-electron chi connectivity index (χ4n) is 2.53. The van der Waals surface area contributed by atoms with Gasteiger partial charge in [0.1, 0.15) is 11.5 Å². The van der Waals surface area contributed by atoms with Gasteiger partial charge in [-0.15, -0.1) is 0 Å². The molecule has 1 fully saturated rings. The lowest BCUT2D eigenvalue weighted by Crippen LogP contribution is -2.48. The average Bonchev–Trinajstić information content (AvgIpc) is 2.48. The van der Waals surface area contributed by atoms with E-state index in [0.717, 1.165) is 19.5 Å². The number of piperidine rings is 1. The van der Waals surface area contributed by atoms with Crippen molar-refractivity contribution in [1.29, 1.82) is 0 Å². The van der Waals surface area contributed by atoms with E-state index in [-0.39, 0.29) is 28.4 Å². The Morgan fingerprint density at radius 1 is 1.24 bits per heavy atom. The summed E-state index contributed by atoms with van der Waals surface area (Å²) in [5.41, 5.74) is 0. The number of benzene rings is 1. The van der Waals surface area contributed by atoms with Crippen molar-refractivity contribution in [2.45, 2.75) is 24.3 Å². The van der Waals surface area contributed by atoms with Crippen molar-refractivity contribution in [2.24, 2.45) is 5.92 Å². The van der Waals surface area contributed by atoms with Crippen LogP contribution in [0.4, 0.5) is 0 Å². The van der Waals surface area contributed by atoms with Crippen LogP contribution in [0.15, 0.2) is 23.1 Å². The van der Waals surface area contributed by atoms with Crippen LogP contribution in [0, 0.1) is 5.92 Å². The minimum Gasteiger partial charge on any atom is -0.495 e. The zero-order valence-electron chi connectivity index (χ0n) is 12.5. The molecule has 2 unspecified atom stereocenters. The van der Waals surface area contributed by atoms with E-state index < -0.39 is 10.0 Å². The molecule has 0 bridgehead atoms.